The molecule has 0 aliphatic carbocycles. The van der Waals surface area contributed by atoms with E-state index in [1.54, 1.807) is 0 Å². The van der Waals surface area contributed by atoms with Crippen LogP contribution in [0, 0.1) is 0 Å². The monoisotopic (exact) mass is 305 g/mol. The summed E-state index contributed by atoms with van der Waals surface area (Å²) >= 11 is 0. The van der Waals surface area contributed by atoms with Crippen molar-refractivity contribution in [1.29, 1.82) is 0 Å². The maximum atomic E-state index is 11.2. The van der Waals surface area contributed by atoms with Crippen LogP contribution in [-0.2, 0) is 4.79 Å². The van der Waals surface area contributed by atoms with Gasteiger partial charge < -0.3 is 10.2 Å². The Morgan fingerprint density at radius 1 is 1.32 bits per heavy atom. The highest BCUT2D eigenvalue weighted by Gasteiger charge is 2.36. The summed E-state index contributed by atoms with van der Waals surface area (Å²) in [5.41, 5.74) is 0.821. The third kappa shape index (κ3) is 3.87. The molecule has 2 unspecified atom stereocenters. The normalized spacial score (nSPS) is 22.5. The van der Waals surface area contributed by atoms with Gasteiger partial charge in [-0.1, -0.05) is 44.5 Å². The van der Waals surface area contributed by atoms with Crippen LogP contribution in [0.2, 0.25) is 0 Å². The molecule has 0 spiro atoms. The van der Waals surface area contributed by atoms with Crippen LogP contribution in [0.15, 0.2) is 24.3 Å². The van der Waals surface area contributed by atoms with Crippen molar-refractivity contribution in [3.8, 4) is 0 Å². The van der Waals surface area contributed by atoms with Gasteiger partial charge in [-0.2, -0.15) is 0 Å². The van der Waals surface area contributed by atoms with Crippen LogP contribution in [0.25, 0.3) is 0 Å². The molecule has 0 bridgehead atoms. The van der Waals surface area contributed by atoms with Gasteiger partial charge in [0, 0.05) is 12.6 Å². The van der Waals surface area contributed by atoms with Gasteiger partial charge in [-0.15, -0.1) is 0 Å². The maximum absolute atomic E-state index is 11.2. The topological polar surface area (TPSA) is 60.8 Å². The predicted octanol–water partition coefficient (Wildman–Crippen LogP) is 3.17. The van der Waals surface area contributed by atoms with Crippen molar-refractivity contribution in [1.82, 2.24) is 4.90 Å². The van der Waals surface area contributed by atoms with E-state index in [9.17, 15) is 9.90 Å². The van der Waals surface area contributed by atoms with Gasteiger partial charge in [-0.05, 0) is 43.4 Å². The van der Waals surface area contributed by atoms with Crippen LogP contribution in [0.3, 0.4) is 0 Å². The Balaban J connectivity index is 2.17. The summed E-state index contributed by atoms with van der Waals surface area (Å²) in [7, 11) is 0. The lowest BCUT2D eigenvalue weighted by Crippen LogP contribution is -2.49. The van der Waals surface area contributed by atoms with Crippen molar-refractivity contribution in [2.75, 3.05) is 13.1 Å². The third-order valence-electron chi connectivity index (χ3n) is 4.57. The van der Waals surface area contributed by atoms with Gasteiger partial charge >= 0.3 is 5.97 Å². The first-order valence-electron chi connectivity index (χ1n) is 8.11. The molecule has 0 radical (unpaired) electrons. The summed E-state index contributed by atoms with van der Waals surface area (Å²) in [6.45, 7) is 6.72. The quantitative estimate of drug-likeness (QED) is 0.877. The number of carbonyl (C=O) groups is 1. The molecule has 4 nitrogen and oxygen atoms in total. The van der Waals surface area contributed by atoms with Gasteiger partial charge in [-0.25, -0.2) is 4.79 Å². The number of hydrogen-bond donors (Lipinski definition) is 2. The Hall–Kier alpha value is -1.39. The minimum absolute atomic E-state index is 0.166. The Morgan fingerprint density at radius 2 is 1.95 bits per heavy atom. The number of piperidine rings is 1. The summed E-state index contributed by atoms with van der Waals surface area (Å²) < 4.78 is 0. The molecule has 1 aliphatic rings. The lowest BCUT2D eigenvalue weighted by atomic mass is 9.91. The fourth-order valence-electron chi connectivity index (χ4n) is 3.12. The largest absolute Gasteiger partial charge is 0.479 e. The van der Waals surface area contributed by atoms with E-state index in [0.717, 1.165) is 25.8 Å². The van der Waals surface area contributed by atoms with E-state index in [4.69, 9.17) is 5.11 Å². The number of aliphatic hydroxyl groups is 1. The predicted molar refractivity (Wildman–Crippen MR) is 87.0 cm³/mol. The van der Waals surface area contributed by atoms with Crippen LogP contribution in [0.4, 0.5) is 0 Å². The van der Waals surface area contributed by atoms with E-state index in [0.29, 0.717) is 5.92 Å². The molecular formula is C18H27NO3. The van der Waals surface area contributed by atoms with Crippen LogP contribution in [0.1, 0.15) is 63.1 Å². The van der Waals surface area contributed by atoms with E-state index >= 15 is 0 Å². The van der Waals surface area contributed by atoms with Gasteiger partial charge in [-0.3, -0.25) is 4.90 Å². The van der Waals surface area contributed by atoms with Gasteiger partial charge in [0.25, 0.3) is 0 Å². The second kappa shape index (κ2) is 6.80. The number of hydrogen-bond acceptors (Lipinski definition) is 3. The molecule has 1 aromatic carbocycles. The molecule has 1 aliphatic heterocycles. The fourth-order valence-corrected chi connectivity index (χ4v) is 3.12. The lowest BCUT2D eigenvalue weighted by molar-refractivity contribution is -0.159. The van der Waals surface area contributed by atoms with Gasteiger partial charge in [0.2, 0.25) is 0 Å². The fraction of sp³-hybridized carbons (Fsp3) is 0.611. The van der Waals surface area contributed by atoms with E-state index in [2.05, 4.69) is 43.0 Å². The maximum Gasteiger partial charge on any atom is 0.336 e. The van der Waals surface area contributed by atoms with E-state index in [-0.39, 0.29) is 12.6 Å². The number of rotatable bonds is 5. The highest BCUT2D eigenvalue weighted by molar-refractivity contribution is 5.76. The number of carboxylic acid groups (broad SMARTS) is 1. The average molecular weight is 305 g/mol. The van der Waals surface area contributed by atoms with E-state index in [1.165, 1.54) is 18.1 Å². The van der Waals surface area contributed by atoms with Crippen LogP contribution >= 0.6 is 0 Å². The van der Waals surface area contributed by atoms with Crippen molar-refractivity contribution in [3.05, 3.63) is 35.4 Å². The number of likely N-dealkylation sites (tertiary alicyclic amines) is 1. The zero-order valence-electron chi connectivity index (χ0n) is 13.7. The highest BCUT2D eigenvalue weighted by Crippen LogP contribution is 2.32. The summed E-state index contributed by atoms with van der Waals surface area (Å²) in [4.78, 5) is 13.3. The lowest BCUT2D eigenvalue weighted by Gasteiger charge is -2.39. The smallest absolute Gasteiger partial charge is 0.336 e. The van der Waals surface area contributed by atoms with Gasteiger partial charge in [0.1, 0.15) is 0 Å². The molecule has 1 saturated heterocycles. The molecule has 4 heteroatoms. The summed E-state index contributed by atoms with van der Waals surface area (Å²) in [5, 5.41) is 19.2. The molecule has 0 aromatic heterocycles. The second-order valence-electron chi connectivity index (χ2n) is 6.88. The minimum Gasteiger partial charge on any atom is -0.479 e. The summed E-state index contributed by atoms with van der Waals surface area (Å²) in [6.07, 6.45) is 3.20. The van der Waals surface area contributed by atoms with Crippen molar-refractivity contribution in [3.63, 3.8) is 0 Å². The molecule has 1 aromatic rings. The van der Waals surface area contributed by atoms with Crippen molar-refractivity contribution in [2.45, 2.75) is 57.6 Å². The molecule has 2 atom stereocenters. The number of carboxylic acids is 1. The Morgan fingerprint density at radius 3 is 2.50 bits per heavy atom. The Bertz CT molecular complexity index is 508. The van der Waals surface area contributed by atoms with Crippen molar-refractivity contribution < 1.29 is 15.0 Å². The SMILES string of the molecule is CC(C)c1ccc(C2CCCCN2CC(C)(O)C(=O)O)cc1. The summed E-state index contributed by atoms with van der Waals surface area (Å²) in [6, 6.07) is 8.80. The van der Waals surface area contributed by atoms with E-state index < -0.39 is 11.6 Å². The molecule has 22 heavy (non-hydrogen) atoms. The van der Waals surface area contributed by atoms with Crippen LogP contribution in [-0.4, -0.2) is 39.8 Å². The molecule has 0 amide bonds. The summed E-state index contributed by atoms with van der Waals surface area (Å²) in [5.74, 6) is -0.656. The first-order chi connectivity index (χ1) is 10.3. The molecule has 2 rings (SSSR count). The Kier molecular flexibility index (Phi) is 5.24. The number of aliphatic carboxylic acids is 1. The molecule has 0 saturated carbocycles. The van der Waals surface area contributed by atoms with Gasteiger partial charge in [0.05, 0.1) is 0 Å². The number of benzene rings is 1. The van der Waals surface area contributed by atoms with Gasteiger partial charge in [0.15, 0.2) is 5.60 Å². The second-order valence-corrected chi connectivity index (χ2v) is 6.88. The molecule has 1 fully saturated rings. The minimum atomic E-state index is -1.70. The standard InChI is InChI=1S/C18H27NO3/c1-13(2)14-7-9-15(10-8-14)16-6-4-5-11-19(16)12-18(3,22)17(20)21/h7-10,13,16,22H,4-6,11-12H2,1-3H3,(H,20,21). The van der Waals surface area contributed by atoms with Crippen LogP contribution < -0.4 is 0 Å². The zero-order valence-corrected chi connectivity index (χ0v) is 13.7. The van der Waals surface area contributed by atoms with Crippen molar-refractivity contribution >= 4 is 5.97 Å². The number of β-amino-alcohol motifs (C(OH)–C–C–N with tert-alkyl or cyclic N) is 1. The highest BCUT2D eigenvalue weighted by atomic mass is 16.4. The van der Waals surface area contributed by atoms with E-state index in [1.807, 2.05) is 0 Å². The van der Waals surface area contributed by atoms with Crippen LogP contribution in [0.5, 0.6) is 0 Å². The zero-order chi connectivity index (χ0) is 16.3. The average Bonchev–Trinajstić information content (AvgIpc) is 2.47. The van der Waals surface area contributed by atoms with Crippen molar-refractivity contribution in [2.24, 2.45) is 0 Å². The Labute approximate surface area is 132 Å². The molecule has 1 heterocycles. The first-order valence-corrected chi connectivity index (χ1v) is 8.11. The third-order valence-corrected chi connectivity index (χ3v) is 4.57. The number of nitrogens with zero attached hydrogens (tertiary/aromatic N) is 1. The molecule has 122 valence electrons. The first kappa shape index (κ1) is 17.0. The molecular weight excluding hydrogens is 278 g/mol. The molecule has 2 N–H and O–H groups in total.